The molecular weight excluding hydrogens is 164 g/mol. The summed E-state index contributed by atoms with van der Waals surface area (Å²) in [6.07, 6.45) is 0.858. The maximum absolute atomic E-state index is 10.8. The van der Waals surface area contributed by atoms with Gasteiger partial charge in [-0.3, -0.25) is 4.79 Å². The molecule has 2 aromatic rings. The van der Waals surface area contributed by atoms with E-state index in [1.165, 1.54) is 0 Å². The van der Waals surface area contributed by atoms with Crippen molar-refractivity contribution < 1.29 is 4.79 Å². The number of hydrogen-bond donors (Lipinski definition) is 0. The summed E-state index contributed by atoms with van der Waals surface area (Å²) in [5, 5.41) is 4.27. The average molecular weight is 174 g/mol. The maximum Gasteiger partial charge on any atom is 0.154 e. The number of aryl methyl sites for hydroxylation is 2. The summed E-state index contributed by atoms with van der Waals surface area (Å²) in [6.45, 7) is 3.81. The molecule has 3 nitrogen and oxygen atoms in total. The Kier molecular flexibility index (Phi) is 1.65. The van der Waals surface area contributed by atoms with Gasteiger partial charge in [0, 0.05) is 5.69 Å². The molecule has 0 aromatic carbocycles. The van der Waals surface area contributed by atoms with Crippen molar-refractivity contribution >= 4 is 11.8 Å². The van der Waals surface area contributed by atoms with E-state index in [9.17, 15) is 4.79 Å². The van der Waals surface area contributed by atoms with E-state index in [1.807, 2.05) is 32.0 Å². The minimum Gasteiger partial charge on any atom is -0.298 e. The highest BCUT2D eigenvalue weighted by atomic mass is 16.1. The van der Waals surface area contributed by atoms with Crippen LogP contribution in [0.2, 0.25) is 0 Å². The topological polar surface area (TPSA) is 34.4 Å². The summed E-state index contributed by atoms with van der Waals surface area (Å²) < 4.78 is 1.79. The number of nitrogens with zero attached hydrogens (tertiary/aromatic N) is 2. The first-order valence-corrected chi connectivity index (χ1v) is 4.14. The number of rotatable bonds is 1. The Balaban J connectivity index is 2.93. The Bertz CT molecular complexity index is 471. The van der Waals surface area contributed by atoms with E-state index in [4.69, 9.17) is 0 Å². The summed E-state index contributed by atoms with van der Waals surface area (Å²) >= 11 is 0. The molecule has 0 aliphatic rings. The third-order valence-electron chi connectivity index (χ3n) is 2.19. The lowest BCUT2D eigenvalue weighted by Gasteiger charge is -1.96. The molecule has 0 amide bonds. The number of fused-ring (bicyclic) bond motifs is 1. The van der Waals surface area contributed by atoms with Crippen molar-refractivity contribution in [3.8, 4) is 0 Å². The van der Waals surface area contributed by atoms with Gasteiger partial charge >= 0.3 is 0 Å². The summed E-state index contributed by atoms with van der Waals surface area (Å²) in [6, 6.07) is 5.80. The van der Waals surface area contributed by atoms with Crippen LogP contribution in [-0.2, 0) is 0 Å². The zero-order valence-electron chi connectivity index (χ0n) is 7.61. The Labute approximate surface area is 76.0 Å². The highest BCUT2D eigenvalue weighted by molar-refractivity contribution is 5.87. The molecule has 3 heteroatoms. The lowest BCUT2D eigenvalue weighted by molar-refractivity contribution is 0.112. The van der Waals surface area contributed by atoms with E-state index in [0.29, 0.717) is 5.56 Å². The molecule has 0 N–H and O–H groups in total. The van der Waals surface area contributed by atoms with Crippen LogP contribution >= 0.6 is 0 Å². The molecule has 0 atom stereocenters. The maximum atomic E-state index is 10.8. The predicted molar refractivity (Wildman–Crippen MR) is 50.1 cm³/mol. The molecule has 0 unspecified atom stereocenters. The number of pyridine rings is 1. The normalized spacial score (nSPS) is 10.6. The van der Waals surface area contributed by atoms with Gasteiger partial charge in [0.2, 0.25) is 0 Å². The van der Waals surface area contributed by atoms with Gasteiger partial charge in [-0.1, -0.05) is 6.07 Å². The molecule has 13 heavy (non-hydrogen) atoms. The van der Waals surface area contributed by atoms with Crippen molar-refractivity contribution in [1.82, 2.24) is 9.61 Å². The zero-order chi connectivity index (χ0) is 9.42. The van der Waals surface area contributed by atoms with Crippen molar-refractivity contribution in [3.05, 3.63) is 35.2 Å². The smallest absolute Gasteiger partial charge is 0.154 e. The highest BCUT2D eigenvalue weighted by Gasteiger charge is 2.08. The molecule has 0 aliphatic heterocycles. The van der Waals surface area contributed by atoms with E-state index in [0.717, 1.165) is 23.2 Å². The first kappa shape index (κ1) is 7.98. The average Bonchev–Trinajstić information content (AvgIpc) is 2.43. The third-order valence-corrected chi connectivity index (χ3v) is 2.19. The van der Waals surface area contributed by atoms with Gasteiger partial charge in [-0.15, -0.1) is 0 Å². The fourth-order valence-corrected chi connectivity index (χ4v) is 1.48. The summed E-state index contributed by atoms with van der Waals surface area (Å²) in [7, 11) is 0. The quantitative estimate of drug-likeness (QED) is 0.617. The van der Waals surface area contributed by atoms with Gasteiger partial charge < -0.3 is 0 Å². The first-order chi connectivity index (χ1) is 6.24. The van der Waals surface area contributed by atoms with Gasteiger partial charge in [0.05, 0.1) is 16.8 Å². The van der Waals surface area contributed by atoms with Crippen molar-refractivity contribution in [2.45, 2.75) is 13.8 Å². The molecule has 0 saturated carbocycles. The van der Waals surface area contributed by atoms with Crippen LogP contribution in [0, 0.1) is 13.8 Å². The van der Waals surface area contributed by atoms with Gasteiger partial charge in [-0.05, 0) is 26.0 Å². The van der Waals surface area contributed by atoms with Crippen molar-refractivity contribution in [1.29, 1.82) is 0 Å². The molecule has 0 fully saturated rings. The van der Waals surface area contributed by atoms with Gasteiger partial charge in [0.25, 0.3) is 0 Å². The van der Waals surface area contributed by atoms with Crippen molar-refractivity contribution in [2.75, 3.05) is 0 Å². The molecule has 66 valence electrons. The monoisotopic (exact) mass is 174 g/mol. The van der Waals surface area contributed by atoms with Crippen LogP contribution in [0.4, 0.5) is 0 Å². The fraction of sp³-hybridized carbons (Fsp3) is 0.200. The Morgan fingerprint density at radius 2 is 2.15 bits per heavy atom. The zero-order valence-corrected chi connectivity index (χ0v) is 7.61. The SMILES string of the molecule is Cc1nn2c(C)cccc2c1C=O. The van der Waals surface area contributed by atoms with Gasteiger partial charge in [0.15, 0.2) is 6.29 Å². The van der Waals surface area contributed by atoms with E-state index < -0.39 is 0 Å². The molecule has 0 aliphatic carbocycles. The highest BCUT2D eigenvalue weighted by Crippen LogP contribution is 2.14. The Morgan fingerprint density at radius 3 is 2.85 bits per heavy atom. The van der Waals surface area contributed by atoms with Gasteiger partial charge in [0.1, 0.15) is 0 Å². The Hall–Kier alpha value is -1.64. The standard InChI is InChI=1S/C10H10N2O/c1-7-4-3-5-10-9(6-13)8(2)11-12(7)10/h3-6H,1-2H3. The second-order valence-corrected chi connectivity index (χ2v) is 3.08. The molecule has 2 heterocycles. The first-order valence-electron chi connectivity index (χ1n) is 4.14. The lowest BCUT2D eigenvalue weighted by Crippen LogP contribution is -1.91. The van der Waals surface area contributed by atoms with Crippen LogP contribution in [0.5, 0.6) is 0 Å². The van der Waals surface area contributed by atoms with E-state index in [-0.39, 0.29) is 0 Å². The number of hydrogen-bond acceptors (Lipinski definition) is 2. The molecule has 0 radical (unpaired) electrons. The second-order valence-electron chi connectivity index (χ2n) is 3.08. The van der Waals surface area contributed by atoms with Crippen molar-refractivity contribution in [3.63, 3.8) is 0 Å². The molecule has 0 spiro atoms. The minimum atomic E-state index is 0.684. The number of aromatic nitrogens is 2. The largest absolute Gasteiger partial charge is 0.298 e. The summed E-state index contributed by atoms with van der Waals surface area (Å²) in [5.41, 5.74) is 3.38. The molecular formula is C10H10N2O. The van der Waals surface area contributed by atoms with E-state index >= 15 is 0 Å². The van der Waals surface area contributed by atoms with Gasteiger partial charge in [-0.2, -0.15) is 5.10 Å². The summed E-state index contributed by atoms with van der Waals surface area (Å²) in [4.78, 5) is 10.8. The van der Waals surface area contributed by atoms with Crippen LogP contribution in [0.15, 0.2) is 18.2 Å². The fourth-order valence-electron chi connectivity index (χ4n) is 1.48. The van der Waals surface area contributed by atoms with E-state index in [2.05, 4.69) is 5.10 Å². The molecule has 0 saturated heterocycles. The number of carbonyl (C=O) groups is 1. The van der Waals surface area contributed by atoms with Crippen LogP contribution in [0.3, 0.4) is 0 Å². The number of carbonyl (C=O) groups excluding carboxylic acids is 1. The number of aldehydes is 1. The second kappa shape index (κ2) is 2.69. The molecule has 0 bridgehead atoms. The predicted octanol–water partition coefficient (Wildman–Crippen LogP) is 1.76. The van der Waals surface area contributed by atoms with Crippen LogP contribution in [0.1, 0.15) is 21.7 Å². The van der Waals surface area contributed by atoms with Crippen molar-refractivity contribution in [2.24, 2.45) is 0 Å². The van der Waals surface area contributed by atoms with E-state index in [1.54, 1.807) is 4.52 Å². The van der Waals surface area contributed by atoms with Gasteiger partial charge in [-0.25, -0.2) is 4.52 Å². The molecule has 2 rings (SSSR count). The third kappa shape index (κ3) is 1.04. The molecule has 2 aromatic heterocycles. The van der Waals surface area contributed by atoms with Crippen LogP contribution in [0.25, 0.3) is 5.52 Å². The minimum absolute atomic E-state index is 0.684. The van der Waals surface area contributed by atoms with Crippen LogP contribution < -0.4 is 0 Å². The van der Waals surface area contributed by atoms with Crippen LogP contribution in [-0.4, -0.2) is 15.9 Å². The summed E-state index contributed by atoms with van der Waals surface area (Å²) in [5.74, 6) is 0. The lowest BCUT2D eigenvalue weighted by atomic mass is 10.2. The Morgan fingerprint density at radius 1 is 1.38 bits per heavy atom.